The van der Waals surface area contributed by atoms with Gasteiger partial charge in [0.1, 0.15) is 5.82 Å². The molecule has 0 aliphatic heterocycles. The molecular formula is C31H22Cl2F3N3. The third kappa shape index (κ3) is 6.36. The van der Waals surface area contributed by atoms with Crippen molar-refractivity contribution in [1.82, 2.24) is 9.55 Å². The monoisotopic (exact) mass is 563 g/mol. The van der Waals surface area contributed by atoms with Crippen LogP contribution in [0, 0.1) is 0 Å². The first-order valence-electron chi connectivity index (χ1n) is 12.0. The molecule has 39 heavy (non-hydrogen) atoms. The summed E-state index contributed by atoms with van der Waals surface area (Å²) in [5, 5.41) is 1.04. The van der Waals surface area contributed by atoms with E-state index in [1.165, 1.54) is 6.07 Å². The Labute approximate surface area is 234 Å². The molecule has 0 radical (unpaired) electrons. The Morgan fingerprint density at radius 2 is 1.56 bits per heavy atom. The molecule has 0 atom stereocenters. The van der Waals surface area contributed by atoms with Crippen molar-refractivity contribution in [3.05, 3.63) is 130 Å². The maximum absolute atomic E-state index is 13.1. The fourth-order valence-electron chi connectivity index (χ4n) is 4.17. The number of nitrogen functional groups attached to an aromatic ring is 1. The predicted octanol–water partition coefficient (Wildman–Crippen LogP) is 9.34. The van der Waals surface area contributed by atoms with E-state index in [1.54, 1.807) is 30.3 Å². The van der Waals surface area contributed by atoms with Crippen LogP contribution in [0.25, 0.3) is 34.5 Å². The van der Waals surface area contributed by atoms with E-state index in [4.69, 9.17) is 33.9 Å². The molecule has 0 aliphatic carbocycles. The molecule has 0 saturated carbocycles. The summed E-state index contributed by atoms with van der Waals surface area (Å²) in [6, 6.07) is 25.5. The van der Waals surface area contributed by atoms with Gasteiger partial charge in [0.15, 0.2) is 0 Å². The van der Waals surface area contributed by atoms with E-state index in [0.29, 0.717) is 44.9 Å². The van der Waals surface area contributed by atoms with Crippen molar-refractivity contribution in [2.45, 2.75) is 12.7 Å². The molecule has 0 spiro atoms. The summed E-state index contributed by atoms with van der Waals surface area (Å²) in [7, 11) is 0. The molecule has 2 N–H and O–H groups in total. The number of alkyl halides is 3. The number of hydrogen-bond acceptors (Lipinski definition) is 2. The van der Waals surface area contributed by atoms with Gasteiger partial charge in [0.05, 0.1) is 16.3 Å². The van der Waals surface area contributed by atoms with E-state index in [-0.39, 0.29) is 0 Å². The Morgan fingerprint density at radius 1 is 0.821 bits per heavy atom. The van der Waals surface area contributed by atoms with Crippen LogP contribution in [-0.2, 0) is 12.7 Å². The maximum atomic E-state index is 13.1. The SMILES string of the molecule is Nc1ccc(Cn2cc(-c3ccc(Cl)cc3Cl)nc2/C=C/c2ccc(-c3cccc(C(F)(F)F)c3)cc2)cc1. The molecule has 5 rings (SSSR count). The van der Waals surface area contributed by atoms with Gasteiger partial charge in [0.2, 0.25) is 0 Å². The summed E-state index contributed by atoms with van der Waals surface area (Å²) in [6.45, 7) is 0.562. The first-order valence-corrected chi connectivity index (χ1v) is 12.7. The van der Waals surface area contributed by atoms with Crippen LogP contribution >= 0.6 is 23.2 Å². The first-order chi connectivity index (χ1) is 18.7. The highest BCUT2D eigenvalue weighted by Crippen LogP contribution is 2.33. The Bertz CT molecular complexity index is 1640. The van der Waals surface area contributed by atoms with E-state index in [0.717, 1.165) is 28.8 Å². The van der Waals surface area contributed by atoms with Crippen LogP contribution in [0.2, 0.25) is 10.0 Å². The van der Waals surface area contributed by atoms with Crippen molar-refractivity contribution in [2.24, 2.45) is 0 Å². The molecule has 0 aliphatic rings. The molecule has 8 heteroatoms. The second-order valence-electron chi connectivity index (χ2n) is 9.01. The largest absolute Gasteiger partial charge is 0.416 e. The summed E-state index contributed by atoms with van der Waals surface area (Å²) in [4.78, 5) is 4.81. The Balaban J connectivity index is 1.44. The van der Waals surface area contributed by atoms with Crippen LogP contribution in [0.1, 0.15) is 22.5 Å². The quantitative estimate of drug-likeness (QED) is 0.209. The van der Waals surface area contributed by atoms with Gasteiger partial charge in [-0.25, -0.2) is 4.98 Å². The van der Waals surface area contributed by atoms with Crippen molar-refractivity contribution in [3.8, 4) is 22.4 Å². The number of anilines is 1. The molecule has 3 nitrogen and oxygen atoms in total. The fourth-order valence-corrected chi connectivity index (χ4v) is 4.67. The topological polar surface area (TPSA) is 43.8 Å². The van der Waals surface area contributed by atoms with E-state index in [1.807, 2.05) is 65.4 Å². The molecule has 0 amide bonds. The number of rotatable bonds is 6. The molecule has 0 saturated heterocycles. The summed E-state index contributed by atoms with van der Waals surface area (Å²) in [6.07, 6.45) is 1.35. The average Bonchev–Trinajstić information content (AvgIpc) is 3.30. The van der Waals surface area contributed by atoms with Gasteiger partial charge in [0.25, 0.3) is 0 Å². The third-order valence-electron chi connectivity index (χ3n) is 6.21. The minimum absolute atomic E-state index is 0.500. The van der Waals surface area contributed by atoms with Crippen LogP contribution in [0.15, 0.2) is 97.2 Å². The van der Waals surface area contributed by atoms with Gasteiger partial charge in [-0.05, 0) is 70.8 Å². The minimum Gasteiger partial charge on any atom is -0.399 e. The highest BCUT2D eigenvalue weighted by Gasteiger charge is 2.30. The lowest BCUT2D eigenvalue weighted by molar-refractivity contribution is -0.137. The van der Waals surface area contributed by atoms with Crippen LogP contribution in [0.3, 0.4) is 0 Å². The fraction of sp³-hybridized carbons (Fsp3) is 0.0645. The number of aromatic nitrogens is 2. The molecule has 0 bridgehead atoms. The third-order valence-corrected chi connectivity index (χ3v) is 6.75. The predicted molar refractivity (Wildman–Crippen MR) is 153 cm³/mol. The molecule has 196 valence electrons. The van der Waals surface area contributed by atoms with Crippen molar-refractivity contribution >= 4 is 41.0 Å². The van der Waals surface area contributed by atoms with Gasteiger partial charge in [-0.1, -0.05) is 77.8 Å². The lowest BCUT2D eigenvalue weighted by atomic mass is 10.0. The van der Waals surface area contributed by atoms with Crippen molar-refractivity contribution in [1.29, 1.82) is 0 Å². The number of benzene rings is 4. The maximum Gasteiger partial charge on any atom is 0.416 e. The molecule has 1 heterocycles. The van der Waals surface area contributed by atoms with E-state index >= 15 is 0 Å². The smallest absolute Gasteiger partial charge is 0.399 e. The summed E-state index contributed by atoms with van der Waals surface area (Å²) in [5.74, 6) is 0.704. The second kappa shape index (κ2) is 11.0. The van der Waals surface area contributed by atoms with Crippen LogP contribution in [-0.4, -0.2) is 9.55 Å². The van der Waals surface area contributed by atoms with Gasteiger partial charge in [-0.15, -0.1) is 0 Å². The highest BCUT2D eigenvalue weighted by atomic mass is 35.5. The molecule has 4 aromatic carbocycles. The van der Waals surface area contributed by atoms with Gasteiger partial charge in [-0.3, -0.25) is 0 Å². The normalized spacial score (nSPS) is 11.8. The van der Waals surface area contributed by atoms with Gasteiger partial charge < -0.3 is 10.3 Å². The Hall–Kier alpha value is -4.00. The molecule has 0 fully saturated rings. The Morgan fingerprint density at radius 3 is 2.26 bits per heavy atom. The average molecular weight is 564 g/mol. The number of hydrogen-bond donors (Lipinski definition) is 1. The lowest BCUT2D eigenvalue weighted by Gasteiger charge is -2.09. The lowest BCUT2D eigenvalue weighted by Crippen LogP contribution is -2.04. The van der Waals surface area contributed by atoms with Crippen LogP contribution in [0.4, 0.5) is 18.9 Å². The molecule has 0 unspecified atom stereocenters. The molecule has 5 aromatic rings. The summed E-state index contributed by atoms with van der Waals surface area (Å²) in [5.41, 5.74) is 10.4. The zero-order valence-electron chi connectivity index (χ0n) is 20.5. The zero-order valence-corrected chi connectivity index (χ0v) is 22.0. The molecule has 1 aromatic heterocycles. The van der Waals surface area contributed by atoms with Gasteiger partial charge in [-0.2, -0.15) is 13.2 Å². The van der Waals surface area contributed by atoms with E-state index < -0.39 is 11.7 Å². The van der Waals surface area contributed by atoms with Crippen molar-refractivity contribution < 1.29 is 13.2 Å². The zero-order chi connectivity index (χ0) is 27.6. The number of nitrogens with two attached hydrogens (primary N) is 1. The Kier molecular flexibility index (Phi) is 7.51. The summed E-state index contributed by atoms with van der Waals surface area (Å²) < 4.78 is 41.3. The van der Waals surface area contributed by atoms with E-state index in [2.05, 4.69) is 0 Å². The highest BCUT2D eigenvalue weighted by molar-refractivity contribution is 6.36. The molecular weight excluding hydrogens is 542 g/mol. The van der Waals surface area contributed by atoms with Crippen molar-refractivity contribution in [2.75, 3.05) is 5.73 Å². The van der Waals surface area contributed by atoms with E-state index in [9.17, 15) is 13.2 Å². The minimum atomic E-state index is -4.39. The second-order valence-corrected chi connectivity index (χ2v) is 9.86. The number of imidazole rings is 1. The summed E-state index contributed by atoms with van der Waals surface area (Å²) >= 11 is 12.5. The van der Waals surface area contributed by atoms with Gasteiger partial charge >= 0.3 is 6.18 Å². The number of halogens is 5. The van der Waals surface area contributed by atoms with Crippen LogP contribution < -0.4 is 5.73 Å². The van der Waals surface area contributed by atoms with Crippen molar-refractivity contribution in [3.63, 3.8) is 0 Å². The van der Waals surface area contributed by atoms with Crippen LogP contribution in [0.5, 0.6) is 0 Å². The standard InChI is InChI=1S/C31H22Cl2F3N3/c32-25-11-14-27(28(33)17-25)29-19-39(18-21-6-12-26(37)13-7-21)30(38-29)15-8-20-4-9-22(10-5-20)23-2-1-3-24(16-23)31(34,35)36/h1-17,19H,18,37H2/b15-8+. The number of nitrogens with zero attached hydrogens (tertiary/aromatic N) is 2. The first kappa shape index (κ1) is 26.6. The van der Waals surface area contributed by atoms with Gasteiger partial charge in [0, 0.05) is 29.0 Å².